The molecule has 1 aromatic carbocycles. The third kappa shape index (κ3) is 3.81. The molecule has 1 N–H and O–H groups in total. The van der Waals surface area contributed by atoms with Gasteiger partial charge >= 0.3 is 5.97 Å². The monoisotopic (exact) mass is 263 g/mol. The van der Waals surface area contributed by atoms with Crippen LogP contribution in [0.2, 0.25) is 0 Å². The molecule has 4 heteroatoms. The van der Waals surface area contributed by atoms with Crippen molar-refractivity contribution in [3.05, 3.63) is 34.9 Å². The third-order valence-corrected chi connectivity index (χ3v) is 3.18. The molecule has 1 rings (SSSR count). The Hall–Kier alpha value is -1.84. The Morgan fingerprint density at radius 2 is 1.79 bits per heavy atom. The number of hydrogen-bond acceptors (Lipinski definition) is 3. The Kier molecular flexibility index (Phi) is 5.10. The van der Waals surface area contributed by atoms with Gasteiger partial charge in [-0.15, -0.1) is 0 Å². The van der Waals surface area contributed by atoms with Gasteiger partial charge in [0.05, 0.1) is 7.11 Å². The minimum Gasteiger partial charge on any atom is -0.467 e. The van der Waals surface area contributed by atoms with Gasteiger partial charge in [0.2, 0.25) is 0 Å². The van der Waals surface area contributed by atoms with E-state index in [0.29, 0.717) is 5.56 Å². The lowest BCUT2D eigenvalue weighted by Gasteiger charge is -2.20. The molecule has 0 aliphatic rings. The van der Waals surface area contributed by atoms with Gasteiger partial charge in [-0.3, -0.25) is 4.79 Å². The second kappa shape index (κ2) is 6.36. The molecule has 0 fully saturated rings. The standard InChI is InChI=1S/C15H21NO3/c1-9(2)13(15(18)19-5)16-14(17)12-7-6-10(3)11(4)8-12/h6-9,13H,1-5H3,(H,16,17). The van der Waals surface area contributed by atoms with Crippen molar-refractivity contribution in [3.63, 3.8) is 0 Å². The molecule has 1 amide bonds. The molecule has 0 saturated heterocycles. The van der Waals surface area contributed by atoms with E-state index in [1.807, 2.05) is 39.8 Å². The molecule has 104 valence electrons. The average Bonchev–Trinajstić information content (AvgIpc) is 2.37. The fraction of sp³-hybridized carbons (Fsp3) is 0.467. The normalized spacial score (nSPS) is 12.1. The number of ether oxygens (including phenoxy) is 1. The second-order valence-corrected chi connectivity index (χ2v) is 5.02. The van der Waals surface area contributed by atoms with Gasteiger partial charge in [-0.25, -0.2) is 4.79 Å². The number of aryl methyl sites for hydroxylation is 2. The lowest BCUT2D eigenvalue weighted by molar-refractivity contribution is -0.144. The van der Waals surface area contributed by atoms with Crippen molar-refractivity contribution >= 4 is 11.9 Å². The Morgan fingerprint density at radius 3 is 2.26 bits per heavy atom. The molecule has 0 saturated carbocycles. The zero-order valence-electron chi connectivity index (χ0n) is 12.1. The second-order valence-electron chi connectivity index (χ2n) is 5.02. The summed E-state index contributed by atoms with van der Waals surface area (Å²) in [5.41, 5.74) is 2.73. The Labute approximate surface area is 114 Å². The van der Waals surface area contributed by atoms with Crippen LogP contribution in [0.3, 0.4) is 0 Å². The lowest BCUT2D eigenvalue weighted by atomic mass is 10.0. The number of carbonyl (C=O) groups is 2. The van der Waals surface area contributed by atoms with E-state index >= 15 is 0 Å². The van der Waals surface area contributed by atoms with Crippen LogP contribution >= 0.6 is 0 Å². The van der Waals surface area contributed by atoms with E-state index in [4.69, 9.17) is 4.74 Å². The van der Waals surface area contributed by atoms with Crippen molar-refractivity contribution in [1.29, 1.82) is 0 Å². The topological polar surface area (TPSA) is 55.4 Å². The van der Waals surface area contributed by atoms with Crippen molar-refractivity contribution < 1.29 is 14.3 Å². The van der Waals surface area contributed by atoms with Crippen LogP contribution in [-0.4, -0.2) is 25.0 Å². The van der Waals surface area contributed by atoms with Gasteiger partial charge in [-0.2, -0.15) is 0 Å². The number of rotatable bonds is 4. The molecule has 1 unspecified atom stereocenters. The van der Waals surface area contributed by atoms with Crippen molar-refractivity contribution in [3.8, 4) is 0 Å². The Bertz CT molecular complexity index is 480. The first-order valence-corrected chi connectivity index (χ1v) is 6.32. The van der Waals surface area contributed by atoms with E-state index in [-0.39, 0.29) is 11.8 Å². The lowest BCUT2D eigenvalue weighted by Crippen LogP contribution is -2.45. The van der Waals surface area contributed by atoms with Gasteiger partial charge in [0, 0.05) is 5.56 Å². The number of benzene rings is 1. The van der Waals surface area contributed by atoms with Crippen LogP contribution in [0.5, 0.6) is 0 Å². The molecule has 0 aliphatic carbocycles. The maximum atomic E-state index is 12.1. The van der Waals surface area contributed by atoms with Crippen LogP contribution in [0.4, 0.5) is 0 Å². The SMILES string of the molecule is COC(=O)C(NC(=O)c1ccc(C)c(C)c1)C(C)C. The van der Waals surface area contributed by atoms with Gasteiger partial charge in [-0.05, 0) is 43.0 Å². The van der Waals surface area contributed by atoms with E-state index < -0.39 is 12.0 Å². The van der Waals surface area contributed by atoms with E-state index in [1.54, 1.807) is 6.07 Å². The van der Waals surface area contributed by atoms with Gasteiger partial charge in [0.1, 0.15) is 6.04 Å². The molecule has 0 bridgehead atoms. The molecular formula is C15H21NO3. The molecule has 1 aromatic rings. The average molecular weight is 263 g/mol. The summed E-state index contributed by atoms with van der Waals surface area (Å²) in [5, 5.41) is 2.72. The van der Waals surface area contributed by atoms with Crippen LogP contribution < -0.4 is 5.32 Å². The van der Waals surface area contributed by atoms with Gasteiger partial charge < -0.3 is 10.1 Å². The third-order valence-electron chi connectivity index (χ3n) is 3.18. The van der Waals surface area contributed by atoms with Crippen LogP contribution in [0, 0.1) is 19.8 Å². The number of amides is 1. The number of nitrogens with one attached hydrogen (secondary N) is 1. The summed E-state index contributed by atoms with van der Waals surface area (Å²) in [6.45, 7) is 7.67. The highest BCUT2D eigenvalue weighted by molar-refractivity contribution is 5.97. The molecule has 19 heavy (non-hydrogen) atoms. The molecule has 0 aliphatic heterocycles. The van der Waals surface area contributed by atoms with E-state index in [0.717, 1.165) is 11.1 Å². The zero-order chi connectivity index (χ0) is 14.6. The molecule has 0 aromatic heterocycles. The smallest absolute Gasteiger partial charge is 0.328 e. The molecule has 4 nitrogen and oxygen atoms in total. The number of hydrogen-bond donors (Lipinski definition) is 1. The van der Waals surface area contributed by atoms with Crippen molar-refractivity contribution in [2.24, 2.45) is 5.92 Å². The first-order valence-electron chi connectivity index (χ1n) is 6.32. The van der Waals surface area contributed by atoms with Crippen LogP contribution in [-0.2, 0) is 9.53 Å². The zero-order valence-corrected chi connectivity index (χ0v) is 12.1. The number of carbonyl (C=O) groups excluding carboxylic acids is 2. The van der Waals surface area contributed by atoms with Gasteiger partial charge in [0.25, 0.3) is 5.91 Å². The predicted octanol–water partition coefficient (Wildman–Crippen LogP) is 2.23. The van der Waals surface area contributed by atoms with Crippen LogP contribution in [0.1, 0.15) is 35.3 Å². The maximum absolute atomic E-state index is 12.1. The molecule has 0 heterocycles. The quantitative estimate of drug-likeness (QED) is 0.847. The Balaban J connectivity index is 2.87. The highest BCUT2D eigenvalue weighted by Crippen LogP contribution is 2.11. The molecule has 1 atom stereocenters. The number of methoxy groups -OCH3 is 1. The van der Waals surface area contributed by atoms with E-state index in [9.17, 15) is 9.59 Å². The summed E-state index contributed by atoms with van der Waals surface area (Å²) < 4.78 is 4.70. The minimum atomic E-state index is -0.626. The highest BCUT2D eigenvalue weighted by Gasteiger charge is 2.25. The summed E-state index contributed by atoms with van der Waals surface area (Å²) in [5.74, 6) is -0.706. The van der Waals surface area contributed by atoms with Crippen molar-refractivity contribution in [2.75, 3.05) is 7.11 Å². The fourth-order valence-corrected chi connectivity index (χ4v) is 1.73. The summed E-state index contributed by atoms with van der Waals surface area (Å²) in [6.07, 6.45) is 0. The summed E-state index contributed by atoms with van der Waals surface area (Å²) in [7, 11) is 1.32. The molecule has 0 spiro atoms. The van der Waals surface area contributed by atoms with Gasteiger partial charge in [0.15, 0.2) is 0 Å². The summed E-state index contributed by atoms with van der Waals surface area (Å²) >= 11 is 0. The molecular weight excluding hydrogens is 242 g/mol. The maximum Gasteiger partial charge on any atom is 0.328 e. The highest BCUT2D eigenvalue weighted by atomic mass is 16.5. The van der Waals surface area contributed by atoms with Crippen molar-refractivity contribution in [2.45, 2.75) is 33.7 Å². The first kappa shape index (κ1) is 15.2. The van der Waals surface area contributed by atoms with Crippen LogP contribution in [0.25, 0.3) is 0 Å². The van der Waals surface area contributed by atoms with Crippen LogP contribution in [0.15, 0.2) is 18.2 Å². The summed E-state index contributed by atoms with van der Waals surface area (Å²) in [6, 6.07) is 4.84. The number of esters is 1. The van der Waals surface area contributed by atoms with Crippen molar-refractivity contribution in [1.82, 2.24) is 5.32 Å². The summed E-state index contributed by atoms with van der Waals surface area (Å²) in [4.78, 5) is 23.7. The predicted molar refractivity (Wildman–Crippen MR) is 74.0 cm³/mol. The first-order chi connectivity index (χ1) is 8.86. The van der Waals surface area contributed by atoms with E-state index in [1.165, 1.54) is 7.11 Å². The van der Waals surface area contributed by atoms with E-state index in [2.05, 4.69) is 5.32 Å². The molecule has 0 radical (unpaired) electrons. The largest absolute Gasteiger partial charge is 0.467 e. The Morgan fingerprint density at radius 1 is 1.16 bits per heavy atom. The van der Waals surface area contributed by atoms with Gasteiger partial charge in [-0.1, -0.05) is 19.9 Å². The minimum absolute atomic E-state index is 0.0251. The fourth-order valence-electron chi connectivity index (χ4n) is 1.73.